The minimum atomic E-state index is -0.875. The number of guanidine groups is 1. The average molecular weight is 519 g/mol. The standard InChI is InChI=1S/C21H37N5O2.HI/c1-5-22-20(23-15-19(25(3)4)18-9-7-6-8-10-18)24-16-21(2,27)17-26-11-13-28-14-12-26;/h6-10,19,27H,5,11-17H2,1-4H3,(H2,22,23,24);1H. The number of β-amino-alcohol motifs (C(OH)–C–C–N with tert-alkyl or cyclic N) is 1. The summed E-state index contributed by atoms with van der Waals surface area (Å²) in [6.07, 6.45) is 0. The molecular formula is C21H38IN5O2. The summed E-state index contributed by atoms with van der Waals surface area (Å²) in [6, 6.07) is 10.7. The van der Waals surface area contributed by atoms with Crippen molar-refractivity contribution in [3.05, 3.63) is 35.9 Å². The predicted molar refractivity (Wildman–Crippen MR) is 130 cm³/mol. The number of nitrogens with zero attached hydrogens (tertiary/aromatic N) is 3. The van der Waals surface area contributed by atoms with Crippen molar-refractivity contribution in [1.82, 2.24) is 20.4 Å². The fraction of sp³-hybridized carbons (Fsp3) is 0.667. The normalized spacial score (nSPS) is 18.6. The van der Waals surface area contributed by atoms with E-state index in [0.29, 0.717) is 13.1 Å². The van der Waals surface area contributed by atoms with Crippen molar-refractivity contribution in [3.63, 3.8) is 0 Å². The molecule has 1 saturated heterocycles. The molecule has 1 aromatic rings. The fourth-order valence-corrected chi connectivity index (χ4v) is 3.35. The molecule has 1 fully saturated rings. The highest BCUT2D eigenvalue weighted by Gasteiger charge is 2.25. The third kappa shape index (κ3) is 9.61. The maximum atomic E-state index is 10.8. The van der Waals surface area contributed by atoms with Crippen molar-refractivity contribution in [2.45, 2.75) is 25.5 Å². The Balaban J connectivity index is 0.00000420. The fourth-order valence-electron chi connectivity index (χ4n) is 3.35. The zero-order chi connectivity index (χ0) is 20.4. The van der Waals surface area contributed by atoms with Crippen molar-refractivity contribution in [1.29, 1.82) is 0 Å². The Bertz CT molecular complexity index is 592. The van der Waals surface area contributed by atoms with Crippen molar-refractivity contribution < 1.29 is 9.84 Å². The van der Waals surface area contributed by atoms with E-state index in [1.807, 2.05) is 19.9 Å². The number of nitrogens with one attached hydrogen (secondary N) is 2. The third-order valence-electron chi connectivity index (χ3n) is 4.86. The highest BCUT2D eigenvalue weighted by Crippen LogP contribution is 2.16. The summed E-state index contributed by atoms with van der Waals surface area (Å²) < 4.78 is 5.38. The van der Waals surface area contributed by atoms with E-state index in [1.165, 1.54) is 5.56 Å². The third-order valence-corrected chi connectivity index (χ3v) is 4.86. The van der Waals surface area contributed by atoms with Crippen LogP contribution in [0.1, 0.15) is 25.5 Å². The van der Waals surface area contributed by atoms with Crippen molar-refractivity contribution in [2.24, 2.45) is 4.99 Å². The lowest BCUT2D eigenvalue weighted by Crippen LogP contribution is -2.48. The molecule has 2 atom stereocenters. The van der Waals surface area contributed by atoms with Gasteiger partial charge in [-0.05, 0) is 33.5 Å². The Morgan fingerprint density at radius 1 is 1.24 bits per heavy atom. The van der Waals surface area contributed by atoms with Crippen LogP contribution in [-0.4, -0.2) is 93.0 Å². The van der Waals surface area contributed by atoms with Gasteiger partial charge in [0.15, 0.2) is 5.96 Å². The van der Waals surface area contributed by atoms with Crippen LogP contribution < -0.4 is 10.6 Å². The van der Waals surface area contributed by atoms with Gasteiger partial charge in [-0.3, -0.25) is 9.89 Å². The van der Waals surface area contributed by atoms with E-state index < -0.39 is 5.60 Å². The summed E-state index contributed by atoms with van der Waals surface area (Å²) in [7, 11) is 4.16. The zero-order valence-electron chi connectivity index (χ0n) is 18.2. The molecule has 1 aliphatic heterocycles. The number of hydrogen-bond acceptors (Lipinski definition) is 5. The molecule has 2 unspecified atom stereocenters. The molecule has 2 rings (SSSR count). The van der Waals surface area contributed by atoms with Crippen molar-refractivity contribution in [3.8, 4) is 0 Å². The highest BCUT2D eigenvalue weighted by atomic mass is 127. The van der Waals surface area contributed by atoms with Gasteiger partial charge in [-0.2, -0.15) is 0 Å². The summed E-state index contributed by atoms with van der Waals surface area (Å²) in [5.41, 5.74) is 0.384. The number of rotatable bonds is 9. The van der Waals surface area contributed by atoms with Crippen LogP contribution in [0.15, 0.2) is 35.3 Å². The van der Waals surface area contributed by atoms with Gasteiger partial charge in [0.1, 0.15) is 0 Å². The first kappa shape index (κ1) is 26.1. The number of halogens is 1. The van der Waals surface area contributed by atoms with Crippen LogP contribution in [0.4, 0.5) is 0 Å². The average Bonchev–Trinajstić information content (AvgIpc) is 2.67. The van der Waals surface area contributed by atoms with Crippen molar-refractivity contribution in [2.75, 3.05) is 66.6 Å². The van der Waals surface area contributed by atoms with Crippen LogP contribution in [0.5, 0.6) is 0 Å². The van der Waals surface area contributed by atoms with Crippen LogP contribution in [-0.2, 0) is 4.74 Å². The molecule has 0 bridgehead atoms. The second-order valence-electron chi connectivity index (χ2n) is 7.85. The van der Waals surface area contributed by atoms with Crippen LogP contribution in [0.3, 0.4) is 0 Å². The molecule has 7 nitrogen and oxygen atoms in total. The van der Waals surface area contributed by atoms with E-state index in [4.69, 9.17) is 4.74 Å². The van der Waals surface area contributed by atoms with E-state index in [-0.39, 0.29) is 30.0 Å². The molecular weight excluding hydrogens is 481 g/mol. The first-order valence-corrected chi connectivity index (χ1v) is 10.2. The summed E-state index contributed by atoms with van der Waals surface area (Å²) in [6.45, 7) is 9.53. The quantitative estimate of drug-likeness (QED) is 0.261. The summed E-state index contributed by atoms with van der Waals surface area (Å²) in [4.78, 5) is 9.07. The first-order valence-electron chi connectivity index (χ1n) is 10.2. The minimum absolute atomic E-state index is 0. The Labute approximate surface area is 192 Å². The van der Waals surface area contributed by atoms with Gasteiger partial charge in [0, 0.05) is 32.7 Å². The number of benzene rings is 1. The molecule has 3 N–H and O–H groups in total. The smallest absolute Gasteiger partial charge is 0.191 e. The second kappa shape index (κ2) is 13.4. The SMILES string of the molecule is CCNC(=NCC(C)(O)CN1CCOCC1)NCC(c1ccccc1)N(C)C.I. The first-order chi connectivity index (χ1) is 13.4. The van der Waals surface area contributed by atoms with Crippen LogP contribution in [0.2, 0.25) is 0 Å². The van der Waals surface area contributed by atoms with Crippen molar-refractivity contribution >= 4 is 29.9 Å². The van der Waals surface area contributed by atoms with Gasteiger partial charge in [-0.1, -0.05) is 30.3 Å². The van der Waals surface area contributed by atoms with Crippen LogP contribution in [0, 0.1) is 0 Å². The summed E-state index contributed by atoms with van der Waals surface area (Å²) >= 11 is 0. The molecule has 1 aromatic carbocycles. The molecule has 0 amide bonds. The monoisotopic (exact) mass is 519 g/mol. The number of aliphatic imine (C=N–C) groups is 1. The Hall–Kier alpha value is -0.940. The number of ether oxygens (including phenoxy) is 1. The number of likely N-dealkylation sites (N-methyl/N-ethyl adjacent to an activating group) is 1. The lowest BCUT2D eigenvalue weighted by Gasteiger charge is -2.33. The summed E-state index contributed by atoms with van der Waals surface area (Å²) in [5.74, 6) is 0.729. The van der Waals surface area contributed by atoms with E-state index in [9.17, 15) is 5.11 Å². The maximum absolute atomic E-state index is 10.8. The van der Waals surface area contributed by atoms with E-state index >= 15 is 0 Å². The van der Waals surface area contributed by atoms with Gasteiger partial charge in [0.25, 0.3) is 0 Å². The molecule has 166 valence electrons. The molecule has 1 heterocycles. The maximum Gasteiger partial charge on any atom is 0.191 e. The molecule has 0 saturated carbocycles. The molecule has 29 heavy (non-hydrogen) atoms. The van der Waals surface area contributed by atoms with Gasteiger partial charge in [0.2, 0.25) is 0 Å². The van der Waals surface area contributed by atoms with E-state index in [2.05, 4.69) is 63.8 Å². The molecule has 0 aliphatic carbocycles. The predicted octanol–water partition coefficient (Wildman–Crippen LogP) is 1.55. The molecule has 0 spiro atoms. The largest absolute Gasteiger partial charge is 0.387 e. The number of morpholine rings is 1. The lowest BCUT2D eigenvalue weighted by atomic mass is 10.1. The Kier molecular flexibility index (Phi) is 12.0. The van der Waals surface area contributed by atoms with Gasteiger partial charge < -0.3 is 25.4 Å². The second-order valence-corrected chi connectivity index (χ2v) is 7.85. The number of hydrogen-bond donors (Lipinski definition) is 3. The molecule has 8 heteroatoms. The van der Waals surface area contributed by atoms with Gasteiger partial charge in [-0.25, -0.2) is 0 Å². The van der Waals surface area contributed by atoms with Crippen LogP contribution >= 0.6 is 24.0 Å². The minimum Gasteiger partial charge on any atom is -0.387 e. The van der Waals surface area contributed by atoms with E-state index in [0.717, 1.165) is 45.4 Å². The highest BCUT2D eigenvalue weighted by molar-refractivity contribution is 14.0. The molecule has 0 aromatic heterocycles. The zero-order valence-corrected chi connectivity index (χ0v) is 20.6. The lowest BCUT2D eigenvalue weighted by molar-refractivity contribution is -0.0180. The van der Waals surface area contributed by atoms with Gasteiger partial charge in [0.05, 0.1) is 31.4 Å². The summed E-state index contributed by atoms with van der Waals surface area (Å²) in [5, 5.41) is 17.5. The number of aliphatic hydroxyl groups is 1. The van der Waals surface area contributed by atoms with Crippen LogP contribution in [0.25, 0.3) is 0 Å². The van der Waals surface area contributed by atoms with Gasteiger partial charge in [-0.15, -0.1) is 24.0 Å². The van der Waals surface area contributed by atoms with E-state index in [1.54, 1.807) is 0 Å². The van der Waals surface area contributed by atoms with Gasteiger partial charge >= 0.3 is 0 Å². The molecule has 0 radical (unpaired) electrons. The Morgan fingerprint density at radius 2 is 1.90 bits per heavy atom. The Morgan fingerprint density at radius 3 is 2.48 bits per heavy atom. The molecule has 1 aliphatic rings. The topological polar surface area (TPSA) is 72.4 Å².